The molecule has 0 fully saturated rings. The van der Waals surface area contributed by atoms with E-state index in [-0.39, 0.29) is 6.61 Å². The molecular formula is C16H34O2. The van der Waals surface area contributed by atoms with Crippen LogP contribution in [0.2, 0.25) is 0 Å². The van der Waals surface area contributed by atoms with E-state index in [2.05, 4.69) is 13.8 Å². The minimum absolute atomic E-state index is 0.0760. The van der Waals surface area contributed by atoms with Gasteiger partial charge in [-0.05, 0) is 18.8 Å². The molecule has 2 heteroatoms. The van der Waals surface area contributed by atoms with Gasteiger partial charge < -0.3 is 10.2 Å². The van der Waals surface area contributed by atoms with Crippen LogP contribution in [0.1, 0.15) is 84.5 Å². The fourth-order valence-electron chi connectivity index (χ4n) is 2.52. The van der Waals surface area contributed by atoms with E-state index in [1.165, 1.54) is 57.8 Å². The van der Waals surface area contributed by atoms with Gasteiger partial charge in [-0.25, -0.2) is 0 Å². The zero-order valence-electron chi connectivity index (χ0n) is 12.5. The summed E-state index contributed by atoms with van der Waals surface area (Å²) in [7, 11) is 0. The van der Waals surface area contributed by atoms with Crippen molar-refractivity contribution in [2.24, 2.45) is 5.92 Å². The van der Waals surface area contributed by atoms with Crippen molar-refractivity contribution in [3.63, 3.8) is 0 Å². The van der Waals surface area contributed by atoms with E-state index in [1.54, 1.807) is 0 Å². The molecule has 0 aromatic rings. The number of rotatable bonds is 13. The van der Waals surface area contributed by atoms with Crippen LogP contribution < -0.4 is 0 Å². The molecule has 0 spiro atoms. The largest absolute Gasteiger partial charge is 0.394 e. The predicted molar refractivity (Wildman–Crippen MR) is 78.7 cm³/mol. The first-order valence-electron chi connectivity index (χ1n) is 8.05. The molecule has 110 valence electrons. The average molecular weight is 258 g/mol. The van der Waals surface area contributed by atoms with Gasteiger partial charge in [0.25, 0.3) is 0 Å². The van der Waals surface area contributed by atoms with Crippen LogP contribution in [0, 0.1) is 5.92 Å². The summed E-state index contributed by atoms with van der Waals surface area (Å²) in [5.74, 6) is 0.313. The highest BCUT2D eigenvalue weighted by Crippen LogP contribution is 2.21. The third kappa shape index (κ3) is 9.90. The van der Waals surface area contributed by atoms with E-state index >= 15 is 0 Å². The van der Waals surface area contributed by atoms with Gasteiger partial charge >= 0.3 is 0 Å². The van der Waals surface area contributed by atoms with Crippen molar-refractivity contribution in [2.45, 2.75) is 90.6 Å². The fraction of sp³-hybridized carbons (Fsp3) is 1.00. The first kappa shape index (κ1) is 17.9. The Morgan fingerprint density at radius 3 is 1.61 bits per heavy atom. The van der Waals surface area contributed by atoms with Crippen LogP contribution in [-0.4, -0.2) is 22.9 Å². The lowest BCUT2D eigenvalue weighted by Crippen LogP contribution is -2.24. The molecule has 2 nitrogen and oxygen atoms in total. The number of hydrogen-bond donors (Lipinski definition) is 2. The minimum atomic E-state index is -0.502. The van der Waals surface area contributed by atoms with Crippen molar-refractivity contribution in [2.75, 3.05) is 6.61 Å². The summed E-state index contributed by atoms with van der Waals surface area (Å²) in [5.41, 5.74) is 0. The highest BCUT2D eigenvalue weighted by molar-refractivity contribution is 4.68. The van der Waals surface area contributed by atoms with Gasteiger partial charge in [0.05, 0.1) is 12.7 Å². The molecule has 0 heterocycles. The molecule has 2 N–H and O–H groups in total. The predicted octanol–water partition coefficient (Wildman–Crippen LogP) is 4.29. The topological polar surface area (TPSA) is 40.5 Å². The van der Waals surface area contributed by atoms with E-state index < -0.39 is 6.10 Å². The van der Waals surface area contributed by atoms with Crippen LogP contribution in [0.15, 0.2) is 0 Å². The number of hydrogen-bond acceptors (Lipinski definition) is 2. The lowest BCUT2D eigenvalue weighted by molar-refractivity contribution is 0.0382. The van der Waals surface area contributed by atoms with Crippen LogP contribution >= 0.6 is 0 Å². The molecule has 0 radical (unpaired) electrons. The second-order valence-electron chi connectivity index (χ2n) is 5.56. The Morgan fingerprint density at radius 1 is 0.722 bits per heavy atom. The maximum Gasteiger partial charge on any atom is 0.0799 e. The maximum atomic E-state index is 9.83. The molecule has 0 aliphatic rings. The molecule has 0 amide bonds. The Bertz CT molecular complexity index is 159. The summed E-state index contributed by atoms with van der Waals surface area (Å²) in [6.45, 7) is 4.37. The quantitative estimate of drug-likeness (QED) is 0.484. The van der Waals surface area contributed by atoms with Gasteiger partial charge in [-0.3, -0.25) is 0 Å². The number of unbranched alkanes of at least 4 members (excludes halogenated alkanes) is 7. The molecule has 0 rings (SSSR count). The maximum absolute atomic E-state index is 9.83. The molecule has 18 heavy (non-hydrogen) atoms. The van der Waals surface area contributed by atoms with Crippen LogP contribution in [0.4, 0.5) is 0 Å². The SMILES string of the molecule is CCCCCCCC(CCCCCC)C(O)CO. The van der Waals surface area contributed by atoms with Crippen LogP contribution in [0.5, 0.6) is 0 Å². The number of aliphatic hydroxyl groups excluding tert-OH is 2. The molecule has 0 aromatic carbocycles. The smallest absolute Gasteiger partial charge is 0.0799 e. The lowest BCUT2D eigenvalue weighted by atomic mass is 9.90. The van der Waals surface area contributed by atoms with E-state index in [0.717, 1.165) is 12.8 Å². The van der Waals surface area contributed by atoms with Gasteiger partial charge in [-0.15, -0.1) is 0 Å². The average Bonchev–Trinajstić information content (AvgIpc) is 2.40. The Morgan fingerprint density at radius 2 is 1.17 bits per heavy atom. The van der Waals surface area contributed by atoms with E-state index in [9.17, 15) is 5.11 Å². The number of aliphatic hydroxyl groups is 2. The summed E-state index contributed by atoms with van der Waals surface area (Å²) in [6.07, 6.45) is 13.1. The lowest BCUT2D eigenvalue weighted by Gasteiger charge is -2.21. The summed E-state index contributed by atoms with van der Waals surface area (Å²) >= 11 is 0. The second kappa shape index (κ2) is 13.4. The molecule has 0 saturated heterocycles. The van der Waals surface area contributed by atoms with Gasteiger partial charge in [-0.2, -0.15) is 0 Å². The van der Waals surface area contributed by atoms with Crippen molar-refractivity contribution in [1.29, 1.82) is 0 Å². The standard InChI is InChI=1S/C16H34O2/c1-3-5-7-9-11-13-15(16(18)14-17)12-10-8-6-4-2/h15-18H,3-14H2,1-2H3. The van der Waals surface area contributed by atoms with Crippen molar-refractivity contribution in [3.05, 3.63) is 0 Å². The third-order valence-electron chi connectivity index (χ3n) is 3.84. The van der Waals surface area contributed by atoms with Gasteiger partial charge in [0.15, 0.2) is 0 Å². The third-order valence-corrected chi connectivity index (χ3v) is 3.84. The fourth-order valence-corrected chi connectivity index (χ4v) is 2.52. The zero-order valence-corrected chi connectivity index (χ0v) is 12.5. The van der Waals surface area contributed by atoms with E-state index in [0.29, 0.717) is 5.92 Å². The molecule has 2 atom stereocenters. The Labute approximate surface area is 114 Å². The van der Waals surface area contributed by atoms with Gasteiger partial charge in [0.2, 0.25) is 0 Å². The summed E-state index contributed by atoms with van der Waals surface area (Å²) in [6, 6.07) is 0. The van der Waals surface area contributed by atoms with Crippen LogP contribution in [0.3, 0.4) is 0 Å². The summed E-state index contributed by atoms with van der Waals surface area (Å²) in [5, 5.41) is 18.9. The first-order chi connectivity index (χ1) is 8.76. The molecule has 0 aliphatic carbocycles. The van der Waals surface area contributed by atoms with Crippen LogP contribution in [0.25, 0.3) is 0 Å². The minimum Gasteiger partial charge on any atom is -0.394 e. The monoisotopic (exact) mass is 258 g/mol. The summed E-state index contributed by atoms with van der Waals surface area (Å²) < 4.78 is 0. The van der Waals surface area contributed by atoms with Crippen molar-refractivity contribution in [1.82, 2.24) is 0 Å². The molecule has 0 saturated carbocycles. The Hall–Kier alpha value is -0.0800. The second-order valence-corrected chi connectivity index (χ2v) is 5.56. The van der Waals surface area contributed by atoms with Gasteiger partial charge in [0, 0.05) is 0 Å². The van der Waals surface area contributed by atoms with Gasteiger partial charge in [-0.1, -0.05) is 71.6 Å². The molecular weight excluding hydrogens is 224 g/mol. The van der Waals surface area contributed by atoms with Crippen molar-refractivity contribution < 1.29 is 10.2 Å². The zero-order chi connectivity index (χ0) is 13.6. The molecule has 0 aliphatic heterocycles. The van der Waals surface area contributed by atoms with E-state index in [1.807, 2.05) is 0 Å². The van der Waals surface area contributed by atoms with E-state index in [4.69, 9.17) is 5.11 Å². The summed E-state index contributed by atoms with van der Waals surface area (Å²) in [4.78, 5) is 0. The van der Waals surface area contributed by atoms with Crippen molar-refractivity contribution >= 4 is 0 Å². The van der Waals surface area contributed by atoms with Crippen molar-refractivity contribution in [3.8, 4) is 0 Å². The molecule has 0 bridgehead atoms. The van der Waals surface area contributed by atoms with Gasteiger partial charge in [0.1, 0.15) is 0 Å². The normalized spacial score (nSPS) is 14.7. The Kier molecular flexibility index (Phi) is 13.3. The molecule has 2 unspecified atom stereocenters. The first-order valence-corrected chi connectivity index (χ1v) is 8.05. The van der Waals surface area contributed by atoms with Crippen LogP contribution in [-0.2, 0) is 0 Å². The molecule has 0 aromatic heterocycles. The highest BCUT2D eigenvalue weighted by atomic mass is 16.3. The highest BCUT2D eigenvalue weighted by Gasteiger charge is 2.17. The Balaban J connectivity index is 3.70.